The van der Waals surface area contributed by atoms with Crippen molar-refractivity contribution in [3.05, 3.63) is 36.2 Å². The highest BCUT2D eigenvalue weighted by molar-refractivity contribution is 5.91. The molecular weight excluding hydrogens is 482 g/mol. The standard InChI is InChI=1S/C28H33N7O3/c1-17-23-18(15-33(5)32-23)13-19(24(17)37-6)25-29-14-21-20(31-25)7-8-22(30-21)34-11-9-28(16-34)10-12-35(28)26(36)38-27(2,3)4/h7-8,13-15H,9-12,16H2,1-6H3. The number of fused-ring (bicyclic) bond motifs is 2. The molecule has 0 N–H and O–H groups in total. The molecule has 38 heavy (non-hydrogen) atoms. The van der Waals surface area contributed by atoms with Crippen molar-refractivity contribution in [1.82, 2.24) is 29.6 Å². The van der Waals surface area contributed by atoms with Crippen LogP contribution in [0.15, 0.2) is 30.6 Å². The topological polar surface area (TPSA) is 98.5 Å². The maximum Gasteiger partial charge on any atom is 0.410 e. The van der Waals surface area contributed by atoms with E-state index in [0.717, 1.165) is 77.1 Å². The van der Waals surface area contributed by atoms with Crippen LogP contribution in [-0.4, -0.2) is 73.6 Å². The number of carbonyl (C=O) groups excluding carboxylic acids is 1. The minimum atomic E-state index is -0.503. The number of hydrogen-bond donors (Lipinski definition) is 0. The van der Waals surface area contributed by atoms with Gasteiger partial charge in [0.15, 0.2) is 5.82 Å². The highest BCUT2D eigenvalue weighted by Gasteiger charge is 2.53. The normalized spacial score (nSPS) is 19.4. The van der Waals surface area contributed by atoms with Gasteiger partial charge in [0, 0.05) is 43.8 Å². The Kier molecular flexibility index (Phi) is 5.48. The summed E-state index contributed by atoms with van der Waals surface area (Å²) in [5.41, 5.74) is 3.49. The molecule has 10 heteroatoms. The van der Waals surface area contributed by atoms with E-state index >= 15 is 0 Å². The minimum Gasteiger partial charge on any atom is -0.496 e. The second-order valence-corrected chi connectivity index (χ2v) is 11.4. The van der Waals surface area contributed by atoms with Gasteiger partial charge in [0.1, 0.15) is 22.7 Å². The summed E-state index contributed by atoms with van der Waals surface area (Å²) in [7, 11) is 3.56. The third-order valence-electron chi connectivity index (χ3n) is 7.61. The molecular formula is C28H33N7O3. The van der Waals surface area contributed by atoms with Crippen LogP contribution in [-0.2, 0) is 11.8 Å². The second kappa shape index (κ2) is 8.54. The van der Waals surface area contributed by atoms with Gasteiger partial charge in [0.25, 0.3) is 0 Å². The molecule has 0 aliphatic carbocycles. The Morgan fingerprint density at radius 1 is 1.11 bits per heavy atom. The quantitative estimate of drug-likeness (QED) is 0.394. The number of likely N-dealkylation sites (tertiary alicyclic amines) is 1. The van der Waals surface area contributed by atoms with Crippen LogP contribution in [0, 0.1) is 6.92 Å². The summed E-state index contributed by atoms with van der Waals surface area (Å²) in [4.78, 5) is 31.3. The zero-order valence-corrected chi connectivity index (χ0v) is 22.8. The van der Waals surface area contributed by atoms with Gasteiger partial charge in [0.2, 0.25) is 0 Å². The summed E-state index contributed by atoms with van der Waals surface area (Å²) in [5, 5.41) is 5.57. The zero-order chi connectivity index (χ0) is 26.8. The summed E-state index contributed by atoms with van der Waals surface area (Å²) >= 11 is 0. The van der Waals surface area contributed by atoms with Gasteiger partial charge >= 0.3 is 6.09 Å². The lowest BCUT2D eigenvalue weighted by Crippen LogP contribution is -2.64. The first kappa shape index (κ1) is 24.4. The predicted molar refractivity (Wildman–Crippen MR) is 145 cm³/mol. The number of aromatic nitrogens is 5. The van der Waals surface area contributed by atoms with Crippen molar-refractivity contribution in [3.63, 3.8) is 0 Å². The van der Waals surface area contributed by atoms with Crippen LogP contribution in [0.1, 0.15) is 39.2 Å². The molecule has 3 aromatic heterocycles. The van der Waals surface area contributed by atoms with Gasteiger partial charge in [-0.05, 0) is 58.7 Å². The molecule has 1 amide bonds. The van der Waals surface area contributed by atoms with Crippen molar-refractivity contribution in [3.8, 4) is 17.1 Å². The lowest BCUT2D eigenvalue weighted by molar-refractivity contribution is -0.0362. The minimum absolute atomic E-state index is 0.182. The fourth-order valence-electron chi connectivity index (χ4n) is 5.70. The molecule has 0 radical (unpaired) electrons. The highest BCUT2D eigenvalue weighted by atomic mass is 16.6. The second-order valence-electron chi connectivity index (χ2n) is 11.4. The van der Waals surface area contributed by atoms with E-state index in [2.05, 4.69) is 15.0 Å². The molecule has 1 spiro atoms. The Morgan fingerprint density at radius 3 is 2.61 bits per heavy atom. The Labute approximate surface area is 221 Å². The molecule has 1 aromatic carbocycles. The van der Waals surface area contributed by atoms with Crippen molar-refractivity contribution in [1.29, 1.82) is 0 Å². The summed E-state index contributed by atoms with van der Waals surface area (Å²) in [6.07, 6.45) is 5.40. The Bertz CT molecular complexity index is 1570. The molecule has 2 saturated heterocycles. The van der Waals surface area contributed by atoms with Gasteiger partial charge < -0.3 is 19.3 Å². The van der Waals surface area contributed by atoms with Gasteiger partial charge in [-0.15, -0.1) is 0 Å². The van der Waals surface area contributed by atoms with E-state index in [1.165, 1.54) is 0 Å². The summed E-state index contributed by atoms with van der Waals surface area (Å²) < 4.78 is 13.2. The fourth-order valence-corrected chi connectivity index (χ4v) is 5.70. The van der Waals surface area contributed by atoms with E-state index in [4.69, 9.17) is 19.4 Å². The van der Waals surface area contributed by atoms with Crippen molar-refractivity contribution < 1.29 is 14.3 Å². The molecule has 2 aliphatic heterocycles. The number of methoxy groups -OCH3 is 1. The van der Waals surface area contributed by atoms with Gasteiger partial charge in [-0.25, -0.2) is 19.7 Å². The molecule has 2 fully saturated rings. The average molecular weight is 516 g/mol. The maximum atomic E-state index is 12.7. The molecule has 1 atom stereocenters. The fraction of sp³-hybridized carbons (Fsp3) is 0.464. The number of nitrogens with zero attached hydrogens (tertiary/aromatic N) is 7. The molecule has 4 aromatic rings. The lowest BCUT2D eigenvalue weighted by atomic mass is 9.84. The predicted octanol–water partition coefficient (Wildman–Crippen LogP) is 4.49. The third-order valence-corrected chi connectivity index (χ3v) is 7.61. The van der Waals surface area contributed by atoms with Gasteiger partial charge in [-0.3, -0.25) is 4.68 Å². The molecule has 0 saturated carbocycles. The van der Waals surface area contributed by atoms with Crippen LogP contribution in [0.3, 0.4) is 0 Å². The van der Waals surface area contributed by atoms with Crippen molar-refractivity contribution in [2.45, 2.75) is 51.7 Å². The molecule has 2 aliphatic rings. The first-order chi connectivity index (χ1) is 18.1. The number of carbonyl (C=O) groups is 1. The van der Waals surface area contributed by atoms with E-state index < -0.39 is 5.60 Å². The number of hydrogen-bond acceptors (Lipinski definition) is 8. The molecule has 0 bridgehead atoms. The number of ether oxygens (including phenoxy) is 2. The summed E-state index contributed by atoms with van der Waals surface area (Å²) in [5.74, 6) is 2.17. The molecule has 1 unspecified atom stereocenters. The van der Waals surface area contributed by atoms with Gasteiger partial charge in [-0.2, -0.15) is 5.10 Å². The van der Waals surface area contributed by atoms with E-state index in [1.54, 1.807) is 18.0 Å². The van der Waals surface area contributed by atoms with E-state index in [1.807, 2.05) is 64.0 Å². The Balaban J connectivity index is 1.27. The molecule has 5 heterocycles. The number of aryl methyl sites for hydroxylation is 2. The largest absolute Gasteiger partial charge is 0.496 e. The number of anilines is 1. The molecule has 10 nitrogen and oxygen atoms in total. The monoisotopic (exact) mass is 515 g/mol. The van der Waals surface area contributed by atoms with Gasteiger partial charge in [-0.1, -0.05) is 0 Å². The summed E-state index contributed by atoms with van der Waals surface area (Å²) in [6.45, 7) is 10.0. The van der Waals surface area contributed by atoms with Crippen LogP contribution in [0.2, 0.25) is 0 Å². The van der Waals surface area contributed by atoms with Crippen LogP contribution in [0.4, 0.5) is 10.6 Å². The first-order valence-electron chi connectivity index (χ1n) is 13.0. The number of benzene rings is 1. The smallest absolute Gasteiger partial charge is 0.410 e. The molecule has 6 rings (SSSR count). The zero-order valence-electron chi connectivity index (χ0n) is 22.8. The Hall–Kier alpha value is -3.95. The lowest BCUT2D eigenvalue weighted by Gasteiger charge is -2.50. The van der Waals surface area contributed by atoms with Crippen molar-refractivity contribution in [2.75, 3.05) is 31.6 Å². The van der Waals surface area contributed by atoms with E-state index in [-0.39, 0.29) is 11.6 Å². The number of pyridine rings is 1. The maximum absolute atomic E-state index is 12.7. The van der Waals surface area contributed by atoms with Crippen molar-refractivity contribution >= 4 is 33.8 Å². The van der Waals surface area contributed by atoms with Gasteiger partial charge in [0.05, 0.1) is 35.4 Å². The van der Waals surface area contributed by atoms with Crippen LogP contribution < -0.4 is 9.64 Å². The van der Waals surface area contributed by atoms with Crippen molar-refractivity contribution in [2.24, 2.45) is 7.05 Å². The van der Waals surface area contributed by atoms with Crippen LogP contribution in [0.5, 0.6) is 5.75 Å². The molecule has 198 valence electrons. The van der Waals surface area contributed by atoms with Crippen LogP contribution in [0.25, 0.3) is 33.3 Å². The van der Waals surface area contributed by atoms with E-state index in [0.29, 0.717) is 5.82 Å². The number of amides is 1. The summed E-state index contributed by atoms with van der Waals surface area (Å²) in [6, 6.07) is 6.01. The third kappa shape index (κ3) is 3.99. The Morgan fingerprint density at radius 2 is 1.89 bits per heavy atom. The van der Waals surface area contributed by atoms with Crippen LogP contribution >= 0.6 is 0 Å². The number of rotatable bonds is 3. The van der Waals surface area contributed by atoms with E-state index in [9.17, 15) is 4.79 Å². The SMILES string of the molecule is COc1c(-c2ncc3nc(N4CCC5(CCN5C(=O)OC(C)(C)C)C4)ccc3n2)cc2cn(C)nc2c1C. The highest BCUT2D eigenvalue weighted by Crippen LogP contribution is 2.41. The average Bonchev–Trinajstić information content (AvgIpc) is 3.47. The first-order valence-corrected chi connectivity index (χ1v) is 13.0.